The molecule has 0 saturated carbocycles. The zero-order chi connectivity index (χ0) is 15.5. The highest BCUT2D eigenvalue weighted by molar-refractivity contribution is 8.13. The number of carbonyl (C=O) groups is 2. The van der Waals surface area contributed by atoms with Crippen LogP contribution in [0.2, 0.25) is 0 Å². The lowest BCUT2D eigenvalue weighted by Crippen LogP contribution is -2.50. The van der Waals surface area contributed by atoms with Crippen molar-refractivity contribution in [2.45, 2.75) is 6.92 Å². The molecule has 0 spiro atoms. The molecular weight excluding hydrogens is 298 g/mol. The van der Waals surface area contributed by atoms with Crippen LogP contribution in [0.1, 0.15) is 17.3 Å². The van der Waals surface area contributed by atoms with E-state index in [1.807, 2.05) is 29.2 Å². The molecular formula is C16H21N3O2S. The SMILES string of the molecule is CC(=O)c1ccc(N2CCN(CN3CCSC3=O)CC2)cc1. The van der Waals surface area contributed by atoms with E-state index in [1.54, 1.807) is 6.92 Å². The highest BCUT2D eigenvalue weighted by atomic mass is 32.2. The Morgan fingerprint density at radius 1 is 1.09 bits per heavy atom. The van der Waals surface area contributed by atoms with Crippen LogP contribution in [0.3, 0.4) is 0 Å². The van der Waals surface area contributed by atoms with E-state index in [0.717, 1.165) is 56.4 Å². The number of ketones is 1. The van der Waals surface area contributed by atoms with E-state index in [-0.39, 0.29) is 11.0 Å². The smallest absolute Gasteiger partial charge is 0.282 e. The molecule has 0 bridgehead atoms. The number of carbonyl (C=O) groups excluding carboxylic acids is 2. The van der Waals surface area contributed by atoms with Gasteiger partial charge in [0, 0.05) is 49.7 Å². The maximum absolute atomic E-state index is 11.6. The summed E-state index contributed by atoms with van der Waals surface area (Å²) < 4.78 is 0. The normalized spacial score (nSPS) is 19.8. The fourth-order valence-electron chi connectivity index (χ4n) is 2.85. The molecule has 5 nitrogen and oxygen atoms in total. The van der Waals surface area contributed by atoms with Crippen LogP contribution >= 0.6 is 11.8 Å². The molecule has 0 unspecified atom stereocenters. The van der Waals surface area contributed by atoms with Crippen LogP contribution in [-0.2, 0) is 0 Å². The van der Waals surface area contributed by atoms with Gasteiger partial charge in [0.1, 0.15) is 0 Å². The van der Waals surface area contributed by atoms with Crippen LogP contribution in [0, 0.1) is 0 Å². The fraction of sp³-hybridized carbons (Fsp3) is 0.500. The van der Waals surface area contributed by atoms with Gasteiger partial charge in [-0.25, -0.2) is 0 Å². The predicted molar refractivity (Wildman–Crippen MR) is 89.7 cm³/mol. The molecule has 6 heteroatoms. The lowest BCUT2D eigenvalue weighted by atomic mass is 10.1. The first kappa shape index (κ1) is 15.4. The van der Waals surface area contributed by atoms with Gasteiger partial charge < -0.3 is 9.80 Å². The highest BCUT2D eigenvalue weighted by Gasteiger charge is 2.25. The van der Waals surface area contributed by atoms with E-state index < -0.39 is 0 Å². The first-order valence-corrected chi connectivity index (χ1v) is 8.62. The minimum Gasteiger partial charge on any atom is -0.369 e. The lowest BCUT2D eigenvalue weighted by Gasteiger charge is -2.37. The van der Waals surface area contributed by atoms with Crippen molar-refractivity contribution in [1.82, 2.24) is 9.80 Å². The Balaban J connectivity index is 1.52. The Morgan fingerprint density at radius 2 is 1.77 bits per heavy atom. The Morgan fingerprint density at radius 3 is 2.32 bits per heavy atom. The van der Waals surface area contributed by atoms with Crippen molar-refractivity contribution in [3.8, 4) is 0 Å². The molecule has 2 heterocycles. The van der Waals surface area contributed by atoms with Crippen molar-refractivity contribution in [3.05, 3.63) is 29.8 Å². The summed E-state index contributed by atoms with van der Waals surface area (Å²) in [7, 11) is 0. The summed E-state index contributed by atoms with van der Waals surface area (Å²) in [6, 6.07) is 7.83. The standard InChI is InChI=1S/C16H21N3O2S/c1-13(20)14-2-4-15(5-3-14)18-8-6-17(7-9-18)12-19-10-11-22-16(19)21/h2-5H,6-12H2,1H3. The predicted octanol–water partition coefficient (Wildman–Crippen LogP) is 2.14. The second-order valence-corrected chi connectivity index (χ2v) is 6.77. The van der Waals surface area contributed by atoms with Gasteiger partial charge >= 0.3 is 0 Å². The molecule has 1 amide bonds. The Kier molecular flexibility index (Phi) is 4.69. The average Bonchev–Trinajstić information content (AvgIpc) is 2.93. The van der Waals surface area contributed by atoms with Crippen LogP contribution in [0.4, 0.5) is 10.5 Å². The van der Waals surface area contributed by atoms with Crippen LogP contribution in [0.15, 0.2) is 24.3 Å². The van der Waals surface area contributed by atoms with Gasteiger partial charge in [0.05, 0.1) is 6.67 Å². The monoisotopic (exact) mass is 319 g/mol. The van der Waals surface area contributed by atoms with E-state index in [1.165, 1.54) is 11.8 Å². The second-order valence-electron chi connectivity index (χ2n) is 5.73. The second kappa shape index (κ2) is 6.71. The van der Waals surface area contributed by atoms with Crippen molar-refractivity contribution in [3.63, 3.8) is 0 Å². The average molecular weight is 319 g/mol. The molecule has 0 aliphatic carbocycles. The first-order chi connectivity index (χ1) is 10.6. The summed E-state index contributed by atoms with van der Waals surface area (Å²) in [5.41, 5.74) is 1.92. The number of piperazine rings is 1. The van der Waals surface area contributed by atoms with Crippen molar-refractivity contribution in [2.24, 2.45) is 0 Å². The molecule has 0 atom stereocenters. The van der Waals surface area contributed by atoms with Crippen molar-refractivity contribution >= 4 is 28.5 Å². The molecule has 2 aliphatic rings. The quantitative estimate of drug-likeness (QED) is 0.796. The van der Waals surface area contributed by atoms with Gasteiger partial charge in [-0.15, -0.1) is 0 Å². The molecule has 0 radical (unpaired) electrons. The number of hydrogen-bond donors (Lipinski definition) is 0. The minimum atomic E-state index is 0.101. The number of thioether (sulfide) groups is 1. The van der Waals surface area contributed by atoms with Gasteiger partial charge in [0.25, 0.3) is 5.24 Å². The summed E-state index contributed by atoms with van der Waals surface area (Å²) in [5.74, 6) is 1.02. The third-order valence-electron chi connectivity index (χ3n) is 4.23. The summed E-state index contributed by atoms with van der Waals surface area (Å²) in [6.07, 6.45) is 0. The number of anilines is 1. The third kappa shape index (κ3) is 3.44. The maximum atomic E-state index is 11.6. The molecule has 0 N–H and O–H groups in total. The molecule has 2 fully saturated rings. The van der Waals surface area contributed by atoms with E-state index in [9.17, 15) is 9.59 Å². The van der Waals surface area contributed by atoms with Gasteiger partial charge in [-0.3, -0.25) is 14.5 Å². The number of benzene rings is 1. The van der Waals surface area contributed by atoms with E-state index in [4.69, 9.17) is 0 Å². The van der Waals surface area contributed by atoms with Gasteiger partial charge in [-0.1, -0.05) is 11.8 Å². The molecule has 3 rings (SSSR count). The topological polar surface area (TPSA) is 43.9 Å². The van der Waals surface area contributed by atoms with Gasteiger partial charge in [-0.2, -0.15) is 0 Å². The van der Waals surface area contributed by atoms with Gasteiger partial charge in [0.15, 0.2) is 5.78 Å². The first-order valence-electron chi connectivity index (χ1n) is 7.63. The summed E-state index contributed by atoms with van der Waals surface area (Å²) in [4.78, 5) is 29.6. The van der Waals surface area contributed by atoms with Crippen LogP contribution in [0.25, 0.3) is 0 Å². The maximum Gasteiger partial charge on any atom is 0.282 e. The van der Waals surface area contributed by atoms with Crippen LogP contribution in [-0.4, -0.2) is 66.0 Å². The fourth-order valence-corrected chi connectivity index (χ4v) is 3.67. The van der Waals surface area contributed by atoms with E-state index in [2.05, 4.69) is 9.80 Å². The number of rotatable bonds is 4. The van der Waals surface area contributed by atoms with Crippen molar-refractivity contribution in [1.29, 1.82) is 0 Å². The molecule has 1 aromatic carbocycles. The molecule has 118 valence electrons. The molecule has 2 saturated heterocycles. The highest BCUT2D eigenvalue weighted by Crippen LogP contribution is 2.20. The number of hydrogen-bond acceptors (Lipinski definition) is 5. The van der Waals surface area contributed by atoms with Crippen molar-refractivity contribution < 1.29 is 9.59 Å². The zero-order valence-corrected chi connectivity index (χ0v) is 13.6. The summed E-state index contributed by atoms with van der Waals surface area (Å²) in [6.45, 7) is 7.04. The molecule has 2 aliphatic heterocycles. The largest absolute Gasteiger partial charge is 0.369 e. The Bertz CT molecular complexity index is 553. The number of amides is 1. The van der Waals surface area contributed by atoms with Crippen LogP contribution in [0.5, 0.6) is 0 Å². The van der Waals surface area contributed by atoms with E-state index >= 15 is 0 Å². The van der Waals surface area contributed by atoms with Crippen molar-refractivity contribution in [2.75, 3.05) is 50.0 Å². The lowest BCUT2D eigenvalue weighted by molar-refractivity contribution is 0.101. The molecule has 1 aromatic rings. The van der Waals surface area contributed by atoms with Gasteiger partial charge in [0.2, 0.25) is 0 Å². The summed E-state index contributed by atoms with van der Waals surface area (Å²) in [5, 5.41) is 0.210. The summed E-state index contributed by atoms with van der Waals surface area (Å²) >= 11 is 1.42. The third-order valence-corrected chi connectivity index (χ3v) is 5.12. The minimum absolute atomic E-state index is 0.101. The Labute approximate surface area is 135 Å². The molecule has 22 heavy (non-hydrogen) atoms. The Hall–Kier alpha value is -1.53. The van der Waals surface area contributed by atoms with E-state index in [0.29, 0.717) is 0 Å². The van der Waals surface area contributed by atoms with Gasteiger partial charge in [-0.05, 0) is 31.2 Å². The zero-order valence-electron chi connectivity index (χ0n) is 12.8. The number of nitrogens with zero attached hydrogens (tertiary/aromatic N) is 3. The van der Waals surface area contributed by atoms with Crippen LogP contribution < -0.4 is 4.90 Å². The number of Topliss-reactive ketones (excluding diaryl/α,β-unsaturated/α-hetero) is 1. The molecule has 0 aromatic heterocycles.